The standard InChI is InChI=1S/C13H11FINO3/c1-7(11-4-5-12(19-11)13(17)18)16-10-3-2-8(14)6-9(10)15/h2-7,16H,1H3,(H,17,18). The average molecular weight is 375 g/mol. The second-order valence-electron chi connectivity index (χ2n) is 4.00. The fraction of sp³-hybridized carbons (Fsp3) is 0.154. The van der Waals surface area contributed by atoms with Crippen LogP contribution in [0.5, 0.6) is 0 Å². The van der Waals surface area contributed by atoms with E-state index < -0.39 is 5.97 Å². The maximum absolute atomic E-state index is 13.0. The Kier molecular flexibility index (Phi) is 4.08. The van der Waals surface area contributed by atoms with E-state index in [1.165, 1.54) is 18.2 Å². The molecule has 0 aliphatic heterocycles. The van der Waals surface area contributed by atoms with Crippen LogP contribution >= 0.6 is 22.6 Å². The Hall–Kier alpha value is -1.57. The molecule has 0 spiro atoms. The largest absolute Gasteiger partial charge is 0.475 e. The van der Waals surface area contributed by atoms with Crippen LogP contribution in [-0.4, -0.2) is 11.1 Å². The van der Waals surface area contributed by atoms with Crippen molar-refractivity contribution in [2.75, 3.05) is 5.32 Å². The van der Waals surface area contributed by atoms with Gasteiger partial charge in [-0.3, -0.25) is 0 Å². The van der Waals surface area contributed by atoms with E-state index in [4.69, 9.17) is 9.52 Å². The van der Waals surface area contributed by atoms with Crippen LogP contribution in [0.25, 0.3) is 0 Å². The van der Waals surface area contributed by atoms with Gasteiger partial charge in [0.25, 0.3) is 0 Å². The van der Waals surface area contributed by atoms with Crippen LogP contribution < -0.4 is 5.32 Å². The maximum Gasteiger partial charge on any atom is 0.371 e. The van der Waals surface area contributed by atoms with Crippen molar-refractivity contribution in [3.8, 4) is 0 Å². The lowest BCUT2D eigenvalue weighted by Gasteiger charge is -2.14. The normalized spacial score (nSPS) is 12.2. The van der Waals surface area contributed by atoms with Crippen molar-refractivity contribution in [2.24, 2.45) is 0 Å². The summed E-state index contributed by atoms with van der Waals surface area (Å²) >= 11 is 2.03. The molecule has 2 N–H and O–H groups in total. The highest BCUT2D eigenvalue weighted by Crippen LogP contribution is 2.25. The summed E-state index contributed by atoms with van der Waals surface area (Å²) < 4.78 is 18.9. The Bertz CT molecular complexity index is 612. The summed E-state index contributed by atoms with van der Waals surface area (Å²) in [5.41, 5.74) is 0.766. The molecule has 6 heteroatoms. The number of rotatable bonds is 4. The number of carboxylic acids is 1. The summed E-state index contributed by atoms with van der Waals surface area (Å²) in [6.07, 6.45) is 0. The number of halogens is 2. The Labute approximate surface area is 122 Å². The lowest BCUT2D eigenvalue weighted by molar-refractivity contribution is 0.0660. The van der Waals surface area contributed by atoms with Crippen LogP contribution in [0, 0.1) is 9.39 Å². The second-order valence-corrected chi connectivity index (χ2v) is 5.16. The van der Waals surface area contributed by atoms with Crippen LogP contribution in [0.3, 0.4) is 0 Å². The van der Waals surface area contributed by atoms with E-state index in [0.717, 1.165) is 9.26 Å². The van der Waals surface area contributed by atoms with Gasteiger partial charge in [0.15, 0.2) is 0 Å². The molecule has 2 rings (SSSR count). The van der Waals surface area contributed by atoms with Gasteiger partial charge in [0, 0.05) is 9.26 Å². The van der Waals surface area contributed by atoms with E-state index in [0.29, 0.717) is 5.76 Å². The van der Waals surface area contributed by atoms with Gasteiger partial charge in [-0.2, -0.15) is 0 Å². The topological polar surface area (TPSA) is 62.5 Å². The first kappa shape index (κ1) is 13.9. The molecule has 1 unspecified atom stereocenters. The third kappa shape index (κ3) is 3.25. The van der Waals surface area contributed by atoms with E-state index in [1.807, 2.05) is 29.5 Å². The van der Waals surface area contributed by atoms with Crippen molar-refractivity contribution in [2.45, 2.75) is 13.0 Å². The van der Waals surface area contributed by atoms with Crippen LogP contribution in [0.15, 0.2) is 34.7 Å². The van der Waals surface area contributed by atoms with Gasteiger partial charge in [0.1, 0.15) is 11.6 Å². The summed E-state index contributed by atoms with van der Waals surface area (Å²) in [6, 6.07) is 7.21. The number of hydrogen-bond acceptors (Lipinski definition) is 3. The molecule has 4 nitrogen and oxygen atoms in total. The zero-order valence-corrected chi connectivity index (χ0v) is 12.1. The highest BCUT2D eigenvalue weighted by Gasteiger charge is 2.15. The smallest absolute Gasteiger partial charge is 0.371 e. The van der Waals surface area contributed by atoms with E-state index in [1.54, 1.807) is 12.1 Å². The molecule has 0 fully saturated rings. The zero-order chi connectivity index (χ0) is 14.0. The second kappa shape index (κ2) is 5.60. The van der Waals surface area contributed by atoms with Gasteiger partial charge in [-0.1, -0.05) is 0 Å². The first-order valence-electron chi connectivity index (χ1n) is 5.52. The lowest BCUT2D eigenvalue weighted by Crippen LogP contribution is -2.07. The lowest BCUT2D eigenvalue weighted by atomic mass is 10.2. The van der Waals surface area contributed by atoms with Crippen molar-refractivity contribution in [3.63, 3.8) is 0 Å². The number of carbonyl (C=O) groups is 1. The molecule has 2 aromatic rings. The van der Waals surface area contributed by atoms with Gasteiger partial charge < -0.3 is 14.8 Å². The molecule has 1 aromatic heterocycles. The van der Waals surface area contributed by atoms with Gasteiger partial charge in [-0.15, -0.1) is 0 Å². The predicted octanol–water partition coefficient (Wildman–Crippen LogP) is 3.89. The Morgan fingerprint density at radius 1 is 1.42 bits per heavy atom. The number of anilines is 1. The molecular weight excluding hydrogens is 364 g/mol. The quantitative estimate of drug-likeness (QED) is 0.796. The molecule has 1 heterocycles. The number of carboxylic acid groups (broad SMARTS) is 1. The maximum atomic E-state index is 13.0. The highest BCUT2D eigenvalue weighted by atomic mass is 127. The average Bonchev–Trinajstić information content (AvgIpc) is 2.82. The summed E-state index contributed by atoms with van der Waals surface area (Å²) in [5.74, 6) is -0.987. The minimum Gasteiger partial charge on any atom is -0.475 e. The number of furan rings is 1. The van der Waals surface area contributed by atoms with E-state index in [2.05, 4.69) is 5.32 Å². The van der Waals surface area contributed by atoms with Crippen LogP contribution in [0.4, 0.5) is 10.1 Å². The van der Waals surface area contributed by atoms with Gasteiger partial charge >= 0.3 is 5.97 Å². The van der Waals surface area contributed by atoms with E-state index >= 15 is 0 Å². The van der Waals surface area contributed by atoms with Crippen molar-refractivity contribution in [1.82, 2.24) is 0 Å². The van der Waals surface area contributed by atoms with Crippen LogP contribution in [0.1, 0.15) is 29.3 Å². The molecule has 100 valence electrons. The first-order chi connectivity index (χ1) is 8.97. The highest BCUT2D eigenvalue weighted by molar-refractivity contribution is 14.1. The Morgan fingerprint density at radius 2 is 2.16 bits per heavy atom. The summed E-state index contributed by atoms with van der Waals surface area (Å²) in [4.78, 5) is 10.7. The van der Waals surface area contributed by atoms with Crippen molar-refractivity contribution in [3.05, 3.63) is 51.2 Å². The van der Waals surface area contributed by atoms with Crippen molar-refractivity contribution in [1.29, 1.82) is 0 Å². The van der Waals surface area contributed by atoms with Gasteiger partial charge in [-0.05, 0) is 59.8 Å². The number of hydrogen-bond donors (Lipinski definition) is 2. The third-order valence-corrected chi connectivity index (χ3v) is 3.46. The molecule has 0 bridgehead atoms. The zero-order valence-electron chi connectivity index (χ0n) is 9.98. The third-order valence-electron chi connectivity index (χ3n) is 2.57. The fourth-order valence-corrected chi connectivity index (χ4v) is 2.24. The molecule has 0 aliphatic rings. The van der Waals surface area contributed by atoms with Crippen LogP contribution in [-0.2, 0) is 0 Å². The van der Waals surface area contributed by atoms with Crippen molar-refractivity contribution >= 4 is 34.2 Å². The predicted molar refractivity (Wildman–Crippen MR) is 76.8 cm³/mol. The molecule has 0 saturated heterocycles. The summed E-state index contributed by atoms with van der Waals surface area (Å²) in [7, 11) is 0. The monoisotopic (exact) mass is 375 g/mol. The summed E-state index contributed by atoms with van der Waals surface area (Å²) in [5, 5.41) is 11.9. The first-order valence-corrected chi connectivity index (χ1v) is 6.60. The van der Waals surface area contributed by atoms with Crippen molar-refractivity contribution < 1.29 is 18.7 Å². The molecular formula is C13H11FINO3. The SMILES string of the molecule is CC(Nc1ccc(F)cc1I)c1ccc(C(=O)O)o1. The van der Waals surface area contributed by atoms with Gasteiger partial charge in [0.05, 0.1) is 6.04 Å². The molecule has 0 aliphatic carbocycles. The minimum atomic E-state index is -1.10. The Morgan fingerprint density at radius 3 is 2.74 bits per heavy atom. The molecule has 0 amide bonds. The number of aromatic carboxylic acids is 1. The molecule has 1 atom stereocenters. The number of benzene rings is 1. The molecule has 0 radical (unpaired) electrons. The summed E-state index contributed by atoms with van der Waals surface area (Å²) in [6.45, 7) is 1.84. The Balaban J connectivity index is 2.15. The minimum absolute atomic E-state index is 0.0996. The molecule has 1 aromatic carbocycles. The van der Waals surface area contributed by atoms with Gasteiger partial charge in [-0.25, -0.2) is 9.18 Å². The van der Waals surface area contributed by atoms with E-state index in [9.17, 15) is 9.18 Å². The fourth-order valence-electron chi connectivity index (χ4n) is 1.61. The molecule has 19 heavy (non-hydrogen) atoms. The number of nitrogens with one attached hydrogen (secondary N) is 1. The van der Waals surface area contributed by atoms with Gasteiger partial charge in [0.2, 0.25) is 5.76 Å². The molecule has 0 saturated carbocycles. The van der Waals surface area contributed by atoms with Crippen LogP contribution in [0.2, 0.25) is 0 Å². The van der Waals surface area contributed by atoms with E-state index in [-0.39, 0.29) is 17.6 Å².